The van der Waals surface area contributed by atoms with Gasteiger partial charge in [-0.25, -0.2) is 21.6 Å². The number of nitrogens with one attached hydrogen (secondary N) is 3. The second kappa shape index (κ2) is 7.90. The van der Waals surface area contributed by atoms with Gasteiger partial charge in [-0.2, -0.15) is 0 Å². The summed E-state index contributed by atoms with van der Waals surface area (Å²) in [7, 11) is -6.11. The van der Waals surface area contributed by atoms with Crippen molar-refractivity contribution in [3.63, 3.8) is 0 Å². The normalized spacial score (nSPS) is 21.7. The molecule has 3 N–H and O–H groups in total. The second-order valence-corrected chi connectivity index (χ2v) is 9.67. The Labute approximate surface area is 149 Å². The van der Waals surface area contributed by atoms with Crippen LogP contribution in [0.3, 0.4) is 0 Å². The highest BCUT2D eigenvalue weighted by Crippen LogP contribution is 2.28. The van der Waals surface area contributed by atoms with Crippen LogP contribution in [0.15, 0.2) is 23.1 Å². The average molecular weight is 392 g/mol. The van der Waals surface area contributed by atoms with Gasteiger partial charge in [0, 0.05) is 18.2 Å². The van der Waals surface area contributed by atoms with Crippen LogP contribution in [0.25, 0.3) is 0 Å². The van der Waals surface area contributed by atoms with Crippen molar-refractivity contribution in [3.8, 4) is 5.75 Å². The maximum Gasteiger partial charge on any atom is 0.242 e. The fourth-order valence-electron chi connectivity index (χ4n) is 2.66. The summed E-state index contributed by atoms with van der Waals surface area (Å²) < 4.78 is 59.6. The fraction of sp³-hybridized carbons (Fsp3) is 0.600. The fourth-order valence-corrected chi connectivity index (χ4v) is 4.86. The molecular weight excluding hydrogens is 366 g/mol. The van der Waals surface area contributed by atoms with Crippen LogP contribution >= 0.6 is 0 Å². The van der Waals surface area contributed by atoms with Crippen molar-refractivity contribution in [3.05, 3.63) is 18.2 Å². The van der Waals surface area contributed by atoms with E-state index in [0.29, 0.717) is 5.75 Å². The van der Waals surface area contributed by atoms with Gasteiger partial charge in [-0.15, -0.1) is 0 Å². The van der Waals surface area contributed by atoms with Gasteiger partial charge < -0.3 is 10.1 Å². The molecule has 0 spiro atoms. The minimum absolute atomic E-state index is 0.00226. The van der Waals surface area contributed by atoms with E-state index < -0.39 is 20.0 Å². The topological polar surface area (TPSA) is 114 Å². The molecule has 0 saturated carbocycles. The van der Waals surface area contributed by atoms with Crippen molar-refractivity contribution in [1.29, 1.82) is 0 Å². The first-order chi connectivity index (χ1) is 11.7. The van der Waals surface area contributed by atoms with E-state index in [1.54, 1.807) is 0 Å². The molecule has 142 valence electrons. The van der Waals surface area contributed by atoms with Gasteiger partial charge in [0.15, 0.2) is 0 Å². The lowest BCUT2D eigenvalue weighted by Gasteiger charge is -2.30. The molecule has 2 unspecified atom stereocenters. The van der Waals surface area contributed by atoms with E-state index in [0.717, 1.165) is 19.4 Å². The third-order valence-electron chi connectivity index (χ3n) is 4.19. The number of ether oxygens (including phenoxy) is 1. The van der Waals surface area contributed by atoms with Crippen LogP contribution in [-0.4, -0.2) is 48.3 Å². The van der Waals surface area contributed by atoms with E-state index in [-0.39, 0.29) is 28.4 Å². The standard InChI is InChI=1S/C15H25N3O5S2/c1-4-24(19,20)17-14-10-12(23-3)7-8-15(14)25(21,22)18-13-6-5-9-16-11(13)2/h7-8,10-11,13,16-18H,4-6,9H2,1-3H3. The minimum Gasteiger partial charge on any atom is -0.497 e. The molecule has 0 amide bonds. The van der Waals surface area contributed by atoms with Gasteiger partial charge in [0.2, 0.25) is 20.0 Å². The van der Waals surface area contributed by atoms with E-state index >= 15 is 0 Å². The van der Waals surface area contributed by atoms with Crippen molar-refractivity contribution in [2.45, 2.75) is 43.7 Å². The molecule has 2 rings (SSSR count). The first-order valence-electron chi connectivity index (χ1n) is 8.13. The summed E-state index contributed by atoms with van der Waals surface area (Å²) in [5.74, 6) is 0.196. The largest absolute Gasteiger partial charge is 0.497 e. The van der Waals surface area contributed by atoms with Crippen molar-refractivity contribution >= 4 is 25.7 Å². The van der Waals surface area contributed by atoms with Crippen LogP contribution in [0.1, 0.15) is 26.7 Å². The molecule has 0 aromatic heterocycles. The molecule has 1 aromatic carbocycles. The Balaban J connectivity index is 2.38. The second-order valence-electron chi connectivity index (χ2n) is 5.98. The average Bonchev–Trinajstić information content (AvgIpc) is 2.56. The summed E-state index contributed by atoms with van der Waals surface area (Å²) in [6, 6.07) is 3.94. The molecule has 1 aliphatic heterocycles. The molecule has 1 aliphatic rings. The number of rotatable bonds is 7. The van der Waals surface area contributed by atoms with Gasteiger partial charge in [-0.1, -0.05) is 0 Å². The molecule has 2 atom stereocenters. The quantitative estimate of drug-likeness (QED) is 0.636. The first-order valence-corrected chi connectivity index (χ1v) is 11.3. The molecule has 1 fully saturated rings. The van der Waals surface area contributed by atoms with E-state index in [9.17, 15) is 16.8 Å². The summed E-state index contributed by atoms with van der Waals surface area (Å²) in [6.45, 7) is 4.24. The molecule has 8 nitrogen and oxygen atoms in total. The van der Waals surface area contributed by atoms with Crippen LogP contribution in [0.4, 0.5) is 5.69 Å². The minimum atomic E-state index is -3.90. The van der Waals surface area contributed by atoms with Crippen LogP contribution in [0.5, 0.6) is 5.75 Å². The van der Waals surface area contributed by atoms with Crippen molar-refractivity contribution in [1.82, 2.24) is 10.0 Å². The van der Waals surface area contributed by atoms with E-state index in [1.807, 2.05) is 6.92 Å². The van der Waals surface area contributed by atoms with Crippen LogP contribution in [-0.2, 0) is 20.0 Å². The van der Waals surface area contributed by atoms with Gasteiger partial charge in [-0.05, 0) is 45.4 Å². The number of hydrogen-bond donors (Lipinski definition) is 3. The Morgan fingerprint density at radius 3 is 2.60 bits per heavy atom. The molecule has 10 heteroatoms. The van der Waals surface area contributed by atoms with Crippen molar-refractivity contribution in [2.75, 3.05) is 24.1 Å². The van der Waals surface area contributed by atoms with Crippen molar-refractivity contribution < 1.29 is 21.6 Å². The third-order valence-corrected chi connectivity index (χ3v) is 7.03. The molecule has 1 saturated heterocycles. The molecule has 0 radical (unpaired) electrons. The van der Waals surface area contributed by atoms with Gasteiger partial charge >= 0.3 is 0 Å². The summed E-state index contributed by atoms with van der Waals surface area (Å²) in [5.41, 5.74) is -0.0230. The zero-order valence-corrected chi connectivity index (χ0v) is 16.2. The lowest BCUT2D eigenvalue weighted by molar-refractivity contribution is 0.349. The first kappa shape index (κ1) is 20.0. The van der Waals surface area contributed by atoms with E-state index in [4.69, 9.17) is 4.74 Å². The maximum absolute atomic E-state index is 12.8. The number of benzene rings is 1. The number of piperidine rings is 1. The molecule has 1 heterocycles. The van der Waals surface area contributed by atoms with Crippen LogP contribution in [0.2, 0.25) is 0 Å². The number of methoxy groups -OCH3 is 1. The maximum atomic E-state index is 12.8. The highest BCUT2D eigenvalue weighted by atomic mass is 32.2. The summed E-state index contributed by atoms with van der Waals surface area (Å²) in [5, 5.41) is 3.23. The van der Waals surface area contributed by atoms with Crippen LogP contribution < -0.4 is 19.5 Å². The Hall–Kier alpha value is -1.36. The van der Waals surface area contributed by atoms with E-state index in [1.165, 1.54) is 32.2 Å². The Morgan fingerprint density at radius 1 is 1.28 bits per heavy atom. The number of anilines is 1. The number of sulfonamides is 2. The van der Waals surface area contributed by atoms with Gasteiger partial charge in [0.1, 0.15) is 10.6 Å². The molecule has 1 aromatic rings. The third kappa shape index (κ3) is 5.06. The lowest BCUT2D eigenvalue weighted by atomic mass is 10.0. The SMILES string of the molecule is CCS(=O)(=O)Nc1cc(OC)ccc1S(=O)(=O)NC1CCCNC1C. The zero-order chi connectivity index (χ0) is 18.7. The Morgan fingerprint density at radius 2 is 2.00 bits per heavy atom. The summed E-state index contributed by atoms with van der Waals surface area (Å²) >= 11 is 0. The number of hydrogen-bond acceptors (Lipinski definition) is 6. The highest BCUT2D eigenvalue weighted by Gasteiger charge is 2.29. The summed E-state index contributed by atoms with van der Waals surface area (Å²) in [4.78, 5) is -0.122. The predicted octanol–water partition coefficient (Wildman–Crippen LogP) is 0.876. The highest BCUT2D eigenvalue weighted by molar-refractivity contribution is 7.93. The lowest BCUT2D eigenvalue weighted by Crippen LogP contribution is -2.51. The van der Waals surface area contributed by atoms with E-state index in [2.05, 4.69) is 14.8 Å². The van der Waals surface area contributed by atoms with Gasteiger partial charge in [0.05, 0.1) is 18.6 Å². The molecule has 25 heavy (non-hydrogen) atoms. The molecule has 0 bridgehead atoms. The molecular formula is C15H25N3O5S2. The zero-order valence-electron chi connectivity index (χ0n) is 14.6. The van der Waals surface area contributed by atoms with Gasteiger partial charge in [-0.3, -0.25) is 4.72 Å². The smallest absolute Gasteiger partial charge is 0.242 e. The monoisotopic (exact) mass is 391 g/mol. The summed E-state index contributed by atoms with van der Waals surface area (Å²) in [6.07, 6.45) is 1.59. The Kier molecular flexibility index (Phi) is 6.30. The van der Waals surface area contributed by atoms with Crippen molar-refractivity contribution in [2.24, 2.45) is 0 Å². The predicted molar refractivity (Wildman–Crippen MR) is 96.9 cm³/mol. The molecule has 0 aliphatic carbocycles. The van der Waals surface area contributed by atoms with Crippen LogP contribution in [0, 0.1) is 0 Å². The van der Waals surface area contributed by atoms with Gasteiger partial charge in [0.25, 0.3) is 0 Å². The Bertz CT molecular complexity index is 808.